The second kappa shape index (κ2) is 19.9. The highest BCUT2D eigenvalue weighted by molar-refractivity contribution is 5.73. The highest BCUT2D eigenvalue weighted by Crippen LogP contribution is 2.52. The van der Waals surface area contributed by atoms with Gasteiger partial charge in [0.15, 0.2) is 62.0 Å². The van der Waals surface area contributed by atoms with Gasteiger partial charge in [0.05, 0.1) is 38.1 Å². The van der Waals surface area contributed by atoms with Crippen LogP contribution in [0.15, 0.2) is 0 Å². The van der Waals surface area contributed by atoms with Crippen LogP contribution >= 0.6 is 0 Å². The smallest absolute Gasteiger partial charge is 0.335 e. The first-order chi connectivity index (χ1) is 31.3. The van der Waals surface area contributed by atoms with E-state index in [1.165, 1.54) is 6.92 Å². The number of fused-ring (bicyclic) bond motifs is 3. The average Bonchev–Trinajstić information content (AvgIpc) is 4.23. The molecule has 0 radical (unpaired) electrons. The third-order valence-electron chi connectivity index (χ3n) is 13.0. The summed E-state index contributed by atoms with van der Waals surface area (Å²) in [5, 5.41) is 154. The molecule has 8 fully saturated rings. The molecule has 30 nitrogen and oxygen atoms in total. The Balaban J connectivity index is 1.12. The van der Waals surface area contributed by atoms with E-state index in [2.05, 4.69) is 0 Å². The van der Waals surface area contributed by atoms with Crippen molar-refractivity contribution in [2.24, 2.45) is 11.7 Å². The highest BCUT2D eigenvalue weighted by Gasteiger charge is 2.73. The summed E-state index contributed by atoms with van der Waals surface area (Å²) < 4.78 is 80.1. The summed E-state index contributed by atoms with van der Waals surface area (Å²) in [4.78, 5) is 11.7. The Morgan fingerprint density at radius 1 is 0.576 bits per heavy atom. The van der Waals surface area contributed by atoms with Gasteiger partial charge >= 0.3 is 5.97 Å². The van der Waals surface area contributed by atoms with Crippen molar-refractivity contribution in [3.63, 3.8) is 0 Å². The SMILES string of the molecule is COC1O[C@@H](OCN)[C@@H](O)C(C)O[C@@H]2OC3O[C@@H]3C(O[C@@H]3OC(CO)[C@@H](O[C@H]4OC5O[C@@H]5C(O)[C@@H]4O)C(O)[C@@H]3O)[C@@]2(O)C1[C@H]1OC(CO[C@H]2OC(C(=O)O)[C@@H](O)[C@H](O)C2O)[C@@H](O)C(O)C1O. The molecule has 8 aliphatic heterocycles. The third-order valence-corrected chi connectivity index (χ3v) is 13.0. The topological polar surface area (TPSA) is 462 Å². The fourth-order valence-electron chi connectivity index (χ4n) is 9.17. The minimum atomic E-state index is -2.94. The number of rotatable bonds is 13. The number of hydrogen-bond acceptors (Lipinski definition) is 29. The maximum Gasteiger partial charge on any atom is 0.335 e. The number of hydrogen-bond donors (Lipinski definition) is 15. The summed E-state index contributed by atoms with van der Waals surface area (Å²) in [5.74, 6) is -3.80. The Morgan fingerprint density at radius 2 is 1.18 bits per heavy atom. The average molecular weight is 968 g/mol. The van der Waals surface area contributed by atoms with E-state index in [1.54, 1.807) is 0 Å². The summed E-state index contributed by atoms with van der Waals surface area (Å²) in [6, 6.07) is 0. The van der Waals surface area contributed by atoms with Crippen LogP contribution in [0.1, 0.15) is 6.92 Å². The number of aliphatic hydroxyl groups is 13. The van der Waals surface area contributed by atoms with Crippen molar-refractivity contribution in [1.82, 2.24) is 0 Å². The van der Waals surface area contributed by atoms with Crippen molar-refractivity contribution in [2.75, 3.05) is 27.1 Å². The number of ether oxygens (including phenoxy) is 14. The van der Waals surface area contributed by atoms with Crippen molar-refractivity contribution in [1.29, 1.82) is 0 Å². The molecule has 0 bridgehead atoms. The van der Waals surface area contributed by atoms with Gasteiger partial charge in [-0.15, -0.1) is 0 Å². The van der Waals surface area contributed by atoms with Crippen molar-refractivity contribution in [2.45, 2.75) is 185 Å². The van der Waals surface area contributed by atoms with Gasteiger partial charge in [-0.05, 0) is 6.92 Å². The van der Waals surface area contributed by atoms with Crippen LogP contribution in [-0.4, -0.2) is 283 Å². The van der Waals surface area contributed by atoms with E-state index >= 15 is 0 Å². The molecule has 8 rings (SSSR count). The van der Waals surface area contributed by atoms with Gasteiger partial charge in [-0.2, -0.15) is 0 Å². The number of methoxy groups -OCH3 is 1. The summed E-state index contributed by atoms with van der Waals surface area (Å²) in [7, 11) is 1.04. The van der Waals surface area contributed by atoms with Gasteiger partial charge in [0.25, 0.3) is 0 Å². The second-order valence-corrected chi connectivity index (χ2v) is 17.1. The summed E-state index contributed by atoms with van der Waals surface area (Å²) in [6.45, 7) is -1.12. The number of nitrogens with two attached hydrogens (primary N) is 1. The van der Waals surface area contributed by atoms with Crippen molar-refractivity contribution in [3.05, 3.63) is 0 Å². The third kappa shape index (κ3) is 9.13. The molecule has 0 aromatic rings. The molecule has 0 saturated carbocycles. The van der Waals surface area contributed by atoms with Crippen LogP contribution in [0.4, 0.5) is 0 Å². The van der Waals surface area contributed by atoms with E-state index in [0.717, 1.165) is 7.11 Å². The lowest BCUT2D eigenvalue weighted by molar-refractivity contribution is -0.395. The molecule has 0 spiro atoms. The second-order valence-electron chi connectivity index (χ2n) is 17.1. The van der Waals surface area contributed by atoms with Gasteiger partial charge < -0.3 is 144 Å². The Hall–Kier alpha value is -1.65. The van der Waals surface area contributed by atoms with Crippen LogP contribution < -0.4 is 5.73 Å². The lowest BCUT2D eigenvalue weighted by Crippen LogP contribution is -2.74. The fraction of sp³-hybridized carbons (Fsp3) is 0.972. The first-order valence-electron chi connectivity index (χ1n) is 21.0. The Morgan fingerprint density at radius 3 is 1.85 bits per heavy atom. The lowest BCUT2D eigenvalue weighted by Gasteiger charge is -2.54. The number of carboxylic acid groups (broad SMARTS) is 1. The van der Waals surface area contributed by atoms with Crippen molar-refractivity contribution < 1.29 is 143 Å². The molecule has 0 aromatic carbocycles. The zero-order chi connectivity index (χ0) is 47.8. The van der Waals surface area contributed by atoms with Gasteiger partial charge in [0.1, 0.15) is 104 Å². The molecule has 8 heterocycles. The molecule has 30 heteroatoms. The van der Waals surface area contributed by atoms with Gasteiger partial charge in [0, 0.05) is 7.11 Å². The summed E-state index contributed by atoms with van der Waals surface area (Å²) in [5.41, 5.74) is 2.71. The highest BCUT2D eigenvalue weighted by atomic mass is 16.9. The van der Waals surface area contributed by atoms with E-state index in [-0.39, 0.29) is 0 Å². The Kier molecular flexibility index (Phi) is 15.3. The molecule has 8 saturated heterocycles. The molecule has 14 unspecified atom stereocenters. The summed E-state index contributed by atoms with van der Waals surface area (Å²) >= 11 is 0. The molecule has 0 aromatic heterocycles. The zero-order valence-electron chi connectivity index (χ0n) is 34.8. The Labute approximate surface area is 372 Å². The number of aliphatic carboxylic acids is 1. The van der Waals surface area contributed by atoms with Gasteiger partial charge in [-0.3, -0.25) is 0 Å². The van der Waals surface area contributed by atoms with Crippen LogP contribution in [0.25, 0.3) is 0 Å². The monoisotopic (exact) mass is 967 g/mol. The number of epoxide rings is 2. The largest absolute Gasteiger partial charge is 0.479 e. The zero-order valence-corrected chi connectivity index (χ0v) is 34.8. The van der Waals surface area contributed by atoms with Crippen LogP contribution in [-0.2, 0) is 71.1 Å². The molecular weight excluding hydrogens is 910 g/mol. The maximum absolute atomic E-state index is 13.4. The molecule has 8 aliphatic rings. The van der Waals surface area contributed by atoms with Crippen LogP contribution in [0.2, 0.25) is 0 Å². The minimum Gasteiger partial charge on any atom is -0.479 e. The van der Waals surface area contributed by atoms with E-state index in [9.17, 15) is 76.3 Å². The van der Waals surface area contributed by atoms with Gasteiger partial charge in [-0.25, -0.2) is 4.79 Å². The summed E-state index contributed by atoms with van der Waals surface area (Å²) in [6.07, 6.45) is -50.2. The first-order valence-corrected chi connectivity index (χ1v) is 21.0. The number of carboxylic acids is 1. The molecule has 66 heavy (non-hydrogen) atoms. The van der Waals surface area contributed by atoms with Crippen LogP contribution in [0.3, 0.4) is 0 Å². The van der Waals surface area contributed by atoms with E-state index < -0.39 is 210 Å². The Bertz CT molecular complexity index is 1660. The normalized spacial score (nSPS) is 56.2. The van der Waals surface area contributed by atoms with Gasteiger partial charge in [0.2, 0.25) is 0 Å². The molecular formula is C36H57NO29. The van der Waals surface area contributed by atoms with E-state index in [0.29, 0.717) is 0 Å². The van der Waals surface area contributed by atoms with Gasteiger partial charge in [-0.1, -0.05) is 0 Å². The standard InChI is InChI=1S/C36H57NO29/c1-6-10(39)29(55-5-37)64-28(53-2)9(22-14(43)12(41)11(40)8(57-22)4-54-30-18(47)13(42)15(44)23(60-30)27(50)51)36(52)26(25-34(62-25)66-35(36)56-6)63-31-19(48)16(45)21(7(3-38)58-31)59-32-20(49)17(46)24-33(61-24)65-32/h6-26,28-35,38-49,52H,3-5,37H2,1-2H3,(H,50,51)/t6?,7?,8?,9?,10-,11+,12?,13-,14?,15-,16?,17?,18?,19-,20-,21+,22+,23?,24+,25+,26?,28?,29+,30-,31-,32-,33?,34?,35+,36-/m0/s1. The predicted molar refractivity (Wildman–Crippen MR) is 194 cm³/mol. The fourth-order valence-corrected chi connectivity index (χ4v) is 9.17. The molecule has 16 N–H and O–H groups in total. The van der Waals surface area contributed by atoms with Crippen molar-refractivity contribution in [3.8, 4) is 0 Å². The quantitative estimate of drug-likeness (QED) is 0.0602. The number of carbonyl (C=O) groups is 1. The predicted octanol–water partition coefficient (Wildman–Crippen LogP) is -10.8. The van der Waals surface area contributed by atoms with E-state index in [4.69, 9.17) is 72.0 Å². The molecule has 0 amide bonds. The molecule has 0 aliphatic carbocycles. The minimum absolute atomic E-state index is 0.572. The molecule has 380 valence electrons. The van der Waals surface area contributed by atoms with Crippen molar-refractivity contribution >= 4 is 5.97 Å². The van der Waals surface area contributed by atoms with Crippen LogP contribution in [0.5, 0.6) is 0 Å². The number of aliphatic hydroxyl groups excluding tert-OH is 12. The van der Waals surface area contributed by atoms with Crippen LogP contribution in [0, 0.1) is 5.92 Å². The maximum atomic E-state index is 13.4. The van der Waals surface area contributed by atoms with E-state index in [1.807, 2.05) is 0 Å². The lowest BCUT2D eigenvalue weighted by atomic mass is 9.72. The molecule has 30 atom stereocenters. The first kappa shape index (κ1) is 50.7.